The number of hydrogen-bond donors (Lipinski definition) is 1. The molecule has 0 spiro atoms. The first-order valence-electron chi connectivity index (χ1n) is 4.83. The van der Waals surface area contributed by atoms with Gasteiger partial charge in [-0.2, -0.15) is 4.98 Å². The first-order chi connectivity index (χ1) is 8.15. The molecule has 0 unspecified atom stereocenters. The third kappa shape index (κ3) is 3.01. The minimum absolute atomic E-state index is 0.203. The predicted molar refractivity (Wildman–Crippen MR) is 59.5 cm³/mol. The Bertz CT molecular complexity index is 507. The molecule has 0 aliphatic heterocycles. The molecule has 2 aromatic rings. The third-order valence-electron chi connectivity index (χ3n) is 2.00. The van der Waals surface area contributed by atoms with Crippen LogP contribution in [0.4, 0.5) is 0 Å². The van der Waals surface area contributed by atoms with E-state index in [-0.39, 0.29) is 17.6 Å². The van der Waals surface area contributed by atoms with Crippen LogP contribution in [0, 0.1) is 6.92 Å². The number of aromatic nitrogens is 3. The lowest BCUT2D eigenvalue weighted by Crippen LogP contribution is -2.23. The lowest BCUT2D eigenvalue weighted by Gasteiger charge is -2.03. The molecule has 0 saturated carbocycles. The zero-order chi connectivity index (χ0) is 12.3. The van der Waals surface area contributed by atoms with Crippen molar-refractivity contribution in [2.24, 2.45) is 0 Å². The number of amides is 1. The maximum atomic E-state index is 11.8. The van der Waals surface area contributed by atoms with Gasteiger partial charge in [-0.1, -0.05) is 16.8 Å². The van der Waals surface area contributed by atoms with Crippen molar-refractivity contribution in [1.29, 1.82) is 0 Å². The van der Waals surface area contributed by atoms with Gasteiger partial charge in [0.15, 0.2) is 5.82 Å². The molecule has 2 aromatic heterocycles. The van der Waals surface area contributed by atoms with Crippen molar-refractivity contribution in [2.75, 3.05) is 0 Å². The van der Waals surface area contributed by atoms with Gasteiger partial charge in [-0.3, -0.25) is 4.79 Å². The molecule has 1 N–H and O–H groups in total. The van der Waals surface area contributed by atoms with Crippen molar-refractivity contribution in [3.05, 3.63) is 40.8 Å². The molecule has 0 bridgehead atoms. The summed E-state index contributed by atoms with van der Waals surface area (Å²) in [5.74, 6) is 0.150. The molecular weight excluding hydrogens is 244 g/mol. The minimum Gasteiger partial charge on any atom is -0.345 e. The van der Waals surface area contributed by atoms with Crippen LogP contribution in [0.5, 0.6) is 0 Å². The summed E-state index contributed by atoms with van der Waals surface area (Å²) in [6.07, 6.45) is 1.20. The van der Waals surface area contributed by atoms with Crippen molar-refractivity contribution < 1.29 is 9.32 Å². The van der Waals surface area contributed by atoms with Crippen LogP contribution < -0.4 is 5.32 Å². The zero-order valence-corrected chi connectivity index (χ0v) is 9.73. The van der Waals surface area contributed by atoms with E-state index in [1.165, 1.54) is 12.5 Å². The SMILES string of the molecule is Cc1cc(C(=O)NCc2ncon2)cc(Cl)n1. The van der Waals surface area contributed by atoms with Crippen LogP contribution >= 0.6 is 11.6 Å². The standard InChI is InChI=1S/C10H9ClN4O2/c1-6-2-7(3-8(11)14-6)10(16)12-4-9-13-5-17-15-9/h2-3,5H,4H2,1H3,(H,12,16). The molecular formula is C10H9ClN4O2. The Morgan fingerprint density at radius 3 is 3.00 bits per heavy atom. The van der Waals surface area contributed by atoms with E-state index in [9.17, 15) is 4.79 Å². The number of nitrogens with one attached hydrogen (secondary N) is 1. The molecule has 0 aliphatic rings. The van der Waals surface area contributed by atoms with Crippen LogP contribution in [0.1, 0.15) is 21.9 Å². The summed E-state index contributed by atoms with van der Waals surface area (Å²) >= 11 is 5.76. The smallest absolute Gasteiger partial charge is 0.251 e. The van der Waals surface area contributed by atoms with Crippen molar-refractivity contribution >= 4 is 17.5 Å². The van der Waals surface area contributed by atoms with Crippen LogP contribution in [0.3, 0.4) is 0 Å². The maximum absolute atomic E-state index is 11.8. The summed E-state index contributed by atoms with van der Waals surface area (Å²) in [6, 6.07) is 3.15. The number of rotatable bonds is 3. The van der Waals surface area contributed by atoms with Gasteiger partial charge in [0, 0.05) is 11.3 Å². The van der Waals surface area contributed by atoms with E-state index in [2.05, 4.69) is 25.0 Å². The topological polar surface area (TPSA) is 80.9 Å². The van der Waals surface area contributed by atoms with Crippen LogP contribution in [0.15, 0.2) is 23.0 Å². The summed E-state index contributed by atoms with van der Waals surface area (Å²) in [5.41, 5.74) is 1.13. The first kappa shape index (κ1) is 11.5. The molecule has 0 radical (unpaired) electrons. The Balaban J connectivity index is 2.04. The fraction of sp³-hybridized carbons (Fsp3) is 0.200. The third-order valence-corrected chi connectivity index (χ3v) is 2.19. The number of carbonyl (C=O) groups is 1. The molecule has 7 heteroatoms. The van der Waals surface area contributed by atoms with E-state index in [1.54, 1.807) is 13.0 Å². The number of carbonyl (C=O) groups excluding carboxylic acids is 1. The van der Waals surface area contributed by atoms with Crippen molar-refractivity contribution in [2.45, 2.75) is 13.5 Å². The fourth-order valence-electron chi connectivity index (χ4n) is 1.29. The van der Waals surface area contributed by atoms with Gasteiger partial charge in [-0.05, 0) is 19.1 Å². The van der Waals surface area contributed by atoms with Crippen LogP contribution in [-0.4, -0.2) is 21.0 Å². The highest BCUT2D eigenvalue weighted by atomic mass is 35.5. The lowest BCUT2D eigenvalue weighted by molar-refractivity contribution is 0.0949. The van der Waals surface area contributed by atoms with E-state index in [0.717, 1.165) is 0 Å². The highest BCUT2D eigenvalue weighted by Crippen LogP contribution is 2.10. The monoisotopic (exact) mass is 252 g/mol. The summed E-state index contributed by atoms with van der Waals surface area (Å²) in [5, 5.41) is 6.51. The number of aryl methyl sites for hydroxylation is 1. The van der Waals surface area contributed by atoms with E-state index in [4.69, 9.17) is 11.6 Å². The largest absolute Gasteiger partial charge is 0.345 e. The molecule has 0 saturated heterocycles. The number of hydrogen-bond acceptors (Lipinski definition) is 5. The van der Waals surface area contributed by atoms with Crippen LogP contribution in [0.25, 0.3) is 0 Å². The zero-order valence-electron chi connectivity index (χ0n) is 8.98. The van der Waals surface area contributed by atoms with Crippen molar-refractivity contribution in [3.8, 4) is 0 Å². The lowest BCUT2D eigenvalue weighted by atomic mass is 10.2. The predicted octanol–water partition coefficient (Wildman–Crippen LogP) is 1.36. The molecule has 17 heavy (non-hydrogen) atoms. The van der Waals surface area contributed by atoms with Gasteiger partial charge in [0.25, 0.3) is 5.91 Å². The van der Waals surface area contributed by atoms with E-state index >= 15 is 0 Å². The highest BCUT2D eigenvalue weighted by molar-refractivity contribution is 6.29. The second-order valence-corrected chi connectivity index (χ2v) is 3.74. The van der Waals surface area contributed by atoms with E-state index in [0.29, 0.717) is 17.1 Å². The van der Waals surface area contributed by atoms with Gasteiger partial charge >= 0.3 is 0 Å². The Labute approximate surface area is 102 Å². The number of halogens is 1. The number of nitrogens with zero attached hydrogens (tertiary/aromatic N) is 3. The molecule has 0 aliphatic carbocycles. The van der Waals surface area contributed by atoms with Crippen molar-refractivity contribution in [3.63, 3.8) is 0 Å². The quantitative estimate of drug-likeness (QED) is 0.834. The van der Waals surface area contributed by atoms with Gasteiger partial charge < -0.3 is 9.84 Å². The highest BCUT2D eigenvalue weighted by Gasteiger charge is 2.08. The molecule has 2 heterocycles. The van der Waals surface area contributed by atoms with Gasteiger partial charge in [-0.25, -0.2) is 4.98 Å². The molecule has 0 fully saturated rings. The summed E-state index contributed by atoms with van der Waals surface area (Å²) in [6.45, 7) is 1.97. The van der Waals surface area contributed by atoms with Gasteiger partial charge in [-0.15, -0.1) is 0 Å². The Kier molecular flexibility index (Phi) is 3.34. The van der Waals surface area contributed by atoms with E-state index in [1.807, 2.05) is 0 Å². The van der Waals surface area contributed by atoms with E-state index < -0.39 is 0 Å². The van der Waals surface area contributed by atoms with Crippen LogP contribution in [-0.2, 0) is 6.54 Å². The second-order valence-electron chi connectivity index (χ2n) is 3.35. The summed E-state index contributed by atoms with van der Waals surface area (Å²) in [7, 11) is 0. The average Bonchev–Trinajstić information content (AvgIpc) is 2.77. The summed E-state index contributed by atoms with van der Waals surface area (Å²) in [4.78, 5) is 19.5. The van der Waals surface area contributed by atoms with Crippen LogP contribution in [0.2, 0.25) is 5.15 Å². The normalized spacial score (nSPS) is 10.2. The Hall–Kier alpha value is -1.95. The molecule has 0 aromatic carbocycles. The first-order valence-corrected chi connectivity index (χ1v) is 5.20. The van der Waals surface area contributed by atoms with Gasteiger partial charge in [0.1, 0.15) is 5.15 Å². The summed E-state index contributed by atoms with van der Waals surface area (Å²) < 4.78 is 4.55. The van der Waals surface area contributed by atoms with Gasteiger partial charge in [0.05, 0.1) is 6.54 Å². The number of pyridine rings is 1. The molecule has 1 amide bonds. The molecule has 2 rings (SSSR count). The van der Waals surface area contributed by atoms with Gasteiger partial charge in [0.2, 0.25) is 6.39 Å². The Morgan fingerprint density at radius 2 is 2.35 bits per heavy atom. The molecule has 6 nitrogen and oxygen atoms in total. The minimum atomic E-state index is -0.262. The molecule has 88 valence electrons. The Morgan fingerprint density at radius 1 is 1.53 bits per heavy atom. The van der Waals surface area contributed by atoms with Crippen molar-refractivity contribution in [1.82, 2.24) is 20.4 Å². The second kappa shape index (κ2) is 4.92. The maximum Gasteiger partial charge on any atom is 0.251 e. The average molecular weight is 253 g/mol. The fourth-order valence-corrected chi connectivity index (χ4v) is 1.54. The molecule has 0 atom stereocenters.